The third kappa shape index (κ3) is 4.94. The van der Waals surface area contributed by atoms with Crippen LogP contribution in [0, 0.1) is 0 Å². The van der Waals surface area contributed by atoms with Crippen molar-refractivity contribution in [1.82, 2.24) is 9.88 Å². The monoisotopic (exact) mass is 319 g/mol. The van der Waals surface area contributed by atoms with Gasteiger partial charge in [0, 0.05) is 19.7 Å². The highest BCUT2D eigenvalue weighted by Crippen LogP contribution is 2.30. The SMILES string of the molecule is CC(=O)N1CCCC[C@@H]1c1ccc(NC(=O)OC(C)(C)C)nc1. The number of nitrogens with zero attached hydrogens (tertiary/aromatic N) is 2. The van der Waals surface area contributed by atoms with E-state index in [2.05, 4.69) is 10.3 Å². The second-order valence-corrected chi connectivity index (χ2v) is 6.83. The van der Waals surface area contributed by atoms with Crippen LogP contribution in [-0.2, 0) is 9.53 Å². The zero-order chi connectivity index (χ0) is 17.0. The van der Waals surface area contributed by atoms with Crippen LogP contribution in [-0.4, -0.2) is 34.0 Å². The van der Waals surface area contributed by atoms with E-state index >= 15 is 0 Å². The Morgan fingerprint density at radius 3 is 2.61 bits per heavy atom. The lowest BCUT2D eigenvalue weighted by Gasteiger charge is -2.35. The molecule has 0 bridgehead atoms. The number of ether oxygens (including phenoxy) is 1. The van der Waals surface area contributed by atoms with Crippen LogP contribution >= 0.6 is 0 Å². The maximum Gasteiger partial charge on any atom is 0.413 e. The van der Waals surface area contributed by atoms with Gasteiger partial charge in [-0.05, 0) is 51.7 Å². The van der Waals surface area contributed by atoms with Gasteiger partial charge in [0.15, 0.2) is 0 Å². The van der Waals surface area contributed by atoms with E-state index in [1.165, 1.54) is 0 Å². The van der Waals surface area contributed by atoms with Crippen molar-refractivity contribution in [1.29, 1.82) is 0 Å². The molecule has 1 aromatic rings. The first-order chi connectivity index (χ1) is 10.8. The Bertz CT molecular complexity index is 563. The molecule has 2 amide bonds. The van der Waals surface area contributed by atoms with E-state index in [9.17, 15) is 9.59 Å². The molecule has 2 rings (SSSR count). The average Bonchev–Trinajstić information content (AvgIpc) is 2.46. The number of likely N-dealkylation sites (tertiary alicyclic amines) is 1. The predicted octanol–water partition coefficient (Wildman–Crippen LogP) is 3.50. The van der Waals surface area contributed by atoms with Crippen LogP contribution in [0.5, 0.6) is 0 Å². The summed E-state index contributed by atoms with van der Waals surface area (Å²) in [5.41, 5.74) is 0.448. The van der Waals surface area contributed by atoms with Crippen molar-refractivity contribution < 1.29 is 14.3 Å². The molecule has 1 saturated heterocycles. The molecule has 1 N–H and O–H groups in total. The van der Waals surface area contributed by atoms with Crippen LogP contribution in [0.3, 0.4) is 0 Å². The fraction of sp³-hybridized carbons (Fsp3) is 0.588. The third-order valence-corrected chi connectivity index (χ3v) is 3.71. The van der Waals surface area contributed by atoms with Crippen molar-refractivity contribution in [2.24, 2.45) is 0 Å². The van der Waals surface area contributed by atoms with Crippen LogP contribution in [0.15, 0.2) is 18.3 Å². The summed E-state index contributed by atoms with van der Waals surface area (Å²) in [5, 5.41) is 2.61. The Hall–Kier alpha value is -2.11. The molecule has 1 aromatic heterocycles. The molecule has 0 saturated carbocycles. The number of hydrogen-bond acceptors (Lipinski definition) is 4. The highest BCUT2D eigenvalue weighted by Gasteiger charge is 2.26. The van der Waals surface area contributed by atoms with Crippen molar-refractivity contribution in [3.8, 4) is 0 Å². The summed E-state index contributed by atoms with van der Waals surface area (Å²) in [7, 11) is 0. The standard InChI is InChI=1S/C17H25N3O3/c1-12(21)20-10-6-5-7-14(20)13-8-9-15(18-11-13)19-16(22)23-17(2,3)4/h8-9,11,14H,5-7,10H2,1-4H3,(H,18,19,22)/t14-/m1/s1. The van der Waals surface area contributed by atoms with E-state index in [-0.39, 0.29) is 11.9 Å². The van der Waals surface area contributed by atoms with Crippen molar-refractivity contribution in [3.05, 3.63) is 23.9 Å². The van der Waals surface area contributed by atoms with Gasteiger partial charge in [0.2, 0.25) is 5.91 Å². The fourth-order valence-corrected chi connectivity index (χ4v) is 2.74. The summed E-state index contributed by atoms with van der Waals surface area (Å²) >= 11 is 0. The molecular formula is C17H25N3O3. The number of aromatic nitrogens is 1. The number of carbonyl (C=O) groups excluding carboxylic acids is 2. The Morgan fingerprint density at radius 2 is 2.04 bits per heavy atom. The van der Waals surface area contributed by atoms with Crippen LogP contribution < -0.4 is 5.32 Å². The predicted molar refractivity (Wildman–Crippen MR) is 88.1 cm³/mol. The van der Waals surface area contributed by atoms with Gasteiger partial charge in [-0.3, -0.25) is 10.1 Å². The molecule has 6 heteroatoms. The van der Waals surface area contributed by atoms with Crippen LogP contribution in [0.2, 0.25) is 0 Å². The fourth-order valence-electron chi connectivity index (χ4n) is 2.74. The molecular weight excluding hydrogens is 294 g/mol. The minimum absolute atomic E-state index is 0.0735. The maximum atomic E-state index is 11.8. The maximum absolute atomic E-state index is 11.8. The second kappa shape index (κ2) is 6.98. The number of nitrogens with one attached hydrogen (secondary N) is 1. The van der Waals surface area contributed by atoms with Crippen LogP contribution in [0.4, 0.5) is 10.6 Å². The minimum Gasteiger partial charge on any atom is -0.444 e. The van der Waals surface area contributed by atoms with Gasteiger partial charge in [0.25, 0.3) is 0 Å². The van der Waals surface area contributed by atoms with Gasteiger partial charge in [0.05, 0.1) is 6.04 Å². The summed E-state index contributed by atoms with van der Waals surface area (Å²) in [6.45, 7) is 7.82. The molecule has 1 fully saturated rings. The van der Waals surface area contributed by atoms with E-state index < -0.39 is 11.7 Å². The quantitative estimate of drug-likeness (QED) is 0.905. The summed E-state index contributed by atoms with van der Waals surface area (Å²) < 4.78 is 5.19. The Kier molecular flexibility index (Phi) is 5.23. The highest BCUT2D eigenvalue weighted by atomic mass is 16.6. The molecule has 2 heterocycles. The van der Waals surface area contributed by atoms with Crippen molar-refractivity contribution >= 4 is 17.8 Å². The number of carbonyl (C=O) groups is 2. The first kappa shape index (κ1) is 17.2. The first-order valence-corrected chi connectivity index (χ1v) is 7.99. The lowest BCUT2D eigenvalue weighted by molar-refractivity contribution is -0.132. The summed E-state index contributed by atoms with van der Waals surface area (Å²) in [5.74, 6) is 0.527. The lowest BCUT2D eigenvalue weighted by Crippen LogP contribution is -2.37. The molecule has 1 atom stereocenters. The largest absolute Gasteiger partial charge is 0.444 e. The van der Waals surface area contributed by atoms with E-state index in [1.807, 2.05) is 31.7 Å². The first-order valence-electron chi connectivity index (χ1n) is 7.99. The third-order valence-electron chi connectivity index (χ3n) is 3.71. The number of hydrogen-bond donors (Lipinski definition) is 1. The Balaban J connectivity index is 2.04. The molecule has 126 valence electrons. The normalized spacial score (nSPS) is 18.4. The number of anilines is 1. The van der Waals surface area contributed by atoms with Gasteiger partial charge in [-0.25, -0.2) is 9.78 Å². The van der Waals surface area contributed by atoms with Crippen molar-refractivity contribution in [3.63, 3.8) is 0 Å². The van der Waals surface area contributed by atoms with E-state index in [0.717, 1.165) is 31.4 Å². The topological polar surface area (TPSA) is 71.5 Å². The van der Waals surface area contributed by atoms with Crippen LogP contribution in [0.25, 0.3) is 0 Å². The summed E-state index contributed by atoms with van der Waals surface area (Å²) in [6, 6.07) is 3.72. The zero-order valence-corrected chi connectivity index (χ0v) is 14.3. The molecule has 0 unspecified atom stereocenters. The van der Waals surface area contributed by atoms with Gasteiger partial charge >= 0.3 is 6.09 Å². The molecule has 23 heavy (non-hydrogen) atoms. The molecule has 0 aromatic carbocycles. The Labute approximate surface area is 137 Å². The van der Waals surface area contributed by atoms with Gasteiger partial charge in [-0.2, -0.15) is 0 Å². The molecule has 1 aliphatic heterocycles. The Morgan fingerprint density at radius 1 is 1.30 bits per heavy atom. The van der Waals surface area contributed by atoms with E-state index in [1.54, 1.807) is 19.2 Å². The van der Waals surface area contributed by atoms with Crippen molar-refractivity contribution in [2.75, 3.05) is 11.9 Å². The molecule has 1 aliphatic rings. The smallest absolute Gasteiger partial charge is 0.413 e. The van der Waals surface area contributed by atoms with Crippen LogP contribution in [0.1, 0.15) is 58.6 Å². The van der Waals surface area contributed by atoms with E-state index in [0.29, 0.717) is 5.82 Å². The molecule has 6 nitrogen and oxygen atoms in total. The summed E-state index contributed by atoms with van der Waals surface area (Å²) in [6.07, 6.45) is 4.29. The van der Waals surface area contributed by atoms with Gasteiger partial charge in [0.1, 0.15) is 11.4 Å². The number of pyridine rings is 1. The number of piperidine rings is 1. The van der Waals surface area contributed by atoms with Gasteiger partial charge in [-0.1, -0.05) is 6.07 Å². The highest BCUT2D eigenvalue weighted by molar-refractivity contribution is 5.83. The minimum atomic E-state index is -0.548. The lowest BCUT2D eigenvalue weighted by atomic mass is 9.96. The van der Waals surface area contributed by atoms with Gasteiger partial charge in [-0.15, -0.1) is 0 Å². The molecule has 0 aliphatic carbocycles. The summed E-state index contributed by atoms with van der Waals surface area (Å²) in [4.78, 5) is 29.6. The number of amides is 2. The second-order valence-electron chi connectivity index (χ2n) is 6.83. The van der Waals surface area contributed by atoms with E-state index in [4.69, 9.17) is 4.74 Å². The number of rotatable bonds is 2. The van der Waals surface area contributed by atoms with Gasteiger partial charge < -0.3 is 9.64 Å². The molecule has 0 spiro atoms. The average molecular weight is 319 g/mol. The molecule has 0 radical (unpaired) electrons. The van der Waals surface area contributed by atoms with Crippen molar-refractivity contribution in [2.45, 2.75) is 58.6 Å². The zero-order valence-electron chi connectivity index (χ0n) is 14.3.